The summed E-state index contributed by atoms with van der Waals surface area (Å²) >= 11 is 3.37. The molecule has 2 aromatic carbocycles. The number of hydrogen-bond donors (Lipinski definition) is 1. The highest BCUT2D eigenvalue weighted by Gasteiger charge is 2.30. The van der Waals surface area contributed by atoms with E-state index in [4.69, 9.17) is 4.98 Å². The Balaban J connectivity index is 1.28. The molecule has 1 atom stereocenters. The number of anilines is 1. The molecule has 0 radical (unpaired) electrons. The van der Waals surface area contributed by atoms with E-state index >= 15 is 0 Å². The number of benzene rings is 2. The zero-order chi connectivity index (χ0) is 20.5. The molecule has 5 rings (SSSR count). The number of para-hydroxylation sites is 1. The summed E-state index contributed by atoms with van der Waals surface area (Å²) in [5.74, 6) is 0.00891. The monoisotopic (exact) mass is 434 g/mol. The van der Waals surface area contributed by atoms with E-state index in [0.717, 1.165) is 51.9 Å². The molecule has 0 unspecified atom stereocenters. The second kappa shape index (κ2) is 8.26. The highest BCUT2D eigenvalue weighted by molar-refractivity contribution is 7.18. The average molecular weight is 435 g/mol. The van der Waals surface area contributed by atoms with Crippen LogP contribution in [-0.2, 0) is 4.79 Å². The van der Waals surface area contributed by atoms with Gasteiger partial charge in [0.05, 0.1) is 33.5 Å². The Hall–Kier alpha value is -2.61. The average Bonchev–Trinajstić information content (AvgIpc) is 3.47. The summed E-state index contributed by atoms with van der Waals surface area (Å²) < 4.78 is 1.21. The van der Waals surface area contributed by atoms with Gasteiger partial charge in [-0.3, -0.25) is 9.69 Å². The molecule has 1 N–H and O–H groups in total. The first-order valence-electron chi connectivity index (χ1n) is 10.1. The number of nitrogens with zero attached hydrogens (tertiary/aromatic N) is 3. The Morgan fingerprint density at radius 3 is 2.93 bits per heavy atom. The van der Waals surface area contributed by atoms with Gasteiger partial charge in [0.15, 0.2) is 0 Å². The lowest BCUT2D eigenvalue weighted by atomic mass is 10.1. The summed E-state index contributed by atoms with van der Waals surface area (Å²) in [6, 6.07) is 16.3. The maximum Gasteiger partial charge on any atom is 0.238 e. The number of carbonyl (C=O) groups excluding carboxylic acids is 1. The Labute approximate surface area is 183 Å². The lowest BCUT2D eigenvalue weighted by molar-refractivity contribution is -0.117. The van der Waals surface area contributed by atoms with Gasteiger partial charge in [-0.2, -0.15) is 0 Å². The number of likely N-dealkylation sites (tertiary alicyclic amines) is 1. The lowest BCUT2D eigenvalue weighted by Gasteiger charge is -2.22. The number of aromatic nitrogens is 2. The number of rotatable bonds is 5. The smallest absolute Gasteiger partial charge is 0.238 e. The van der Waals surface area contributed by atoms with Crippen molar-refractivity contribution in [3.63, 3.8) is 0 Å². The quantitative estimate of drug-likeness (QED) is 0.450. The normalized spacial score (nSPS) is 16.9. The van der Waals surface area contributed by atoms with Crippen LogP contribution < -0.4 is 5.32 Å². The molecule has 1 saturated heterocycles. The van der Waals surface area contributed by atoms with Crippen LogP contribution in [0.25, 0.3) is 21.5 Å². The van der Waals surface area contributed by atoms with Crippen molar-refractivity contribution >= 4 is 44.5 Å². The molecular weight excluding hydrogens is 412 g/mol. The predicted octanol–water partition coefficient (Wildman–Crippen LogP) is 5.50. The minimum atomic E-state index is 0.00891. The zero-order valence-electron chi connectivity index (χ0n) is 16.7. The van der Waals surface area contributed by atoms with E-state index < -0.39 is 0 Å². The van der Waals surface area contributed by atoms with Crippen molar-refractivity contribution in [1.82, 2.24) is 14.9 Å². The molecule has 0 spiro atoms. The number of thiazole rings is 2. The summed E-state index contributed by atoms with van der Waals surface area (Å²) in [6.07, 6.45) is 2.14. The zero-order valence-corrected chi connectivity index (χ0v) is 18.3. The molecule has 4 aromatic rings. The molecule has 1 aliphatic heterocycles. The first-order valence-corrected chi connectivity index (χ1v) is 11.8. The predicted molar refractivity (Wildman–Crippen MR) is 124 cm³/mol. The Morgan fingerprint density at radius 1 is 1.20 bits per heavy atom. The van der Waals surface area contributed by atoms with Crippen molar-refractivity contribution in [2.24, 2.45) is 0 Å². The Kier molecular flexibility index (Phi) is 5.33. The molecule has 3 heterocycles. The van der Waals surface area contributed by atoms with Gasteiger partial charge in [0.2, 0.25) is 5.91 Å². The fourth-order valence-corrected chi connectivity index (χ4v) is 5.72. The van der Waals surface area contributed by atoms with Crippen LogP contribution in [0.2, 0.25) is 0 Å². The minimum Gasteiger partial charge on any atom is -0.325 e. The molecular formula is C23H22N4OS2. The molecule has 0 saturated carbocycles. The van der Waals surface area contributed by atoms with Gasteiger partial charge in [0.25, 0.3) is 0 Å². The number of fused-ring (bicyclic) bond motifs is 1. The number of carbonyl (C=O) groups is 1. The fourth-order valence-electron chi connectivity index (χ4n) is 3.96. The molecule has 1 amide bonds. The van der Waals surface area contributed by atoms with Crippen molar-refractivity contribution in [1.29, 1.82) is 0 Å². The van der Waals surface area contributed by atoms with Gasteiger partial charge in [-0.1, -0.05) is 24.3 Å². The van der Waals surface area contributed by atoms with E-state index in [1.54, 1.807) is 22.7 Å². The Morgan fingerprint density at radius 2 is 2.10 bits per heavy atom. The summed E-state index contributed by atoms with van der Waals surface area (Å²) in [6.45, 7) is 3.30. The number of nitrogens with one attached hydrogen (secondary N) is 1. The van der Waals surface area contributed by atoms with Crippen LogP contribution >= 0.6 is 22.7 Å². The van der Waals surface area contributed by atoms with Crippen LogP contribution in [0.15, 0.2) is 53.9 Å². The van der Waals surface area contributed by atoms with Crippen molar-refractivity contribution in [2.45, 2.75) is 25.8 Å². The second-order valence-corrected chi connectivity index (χ2v) is 9.65. The van der Waals surface area contributed by atoms with E-state index in [0.29, 0.717) is 6.54 Å². The SMILES string of the molecule is Cc1nc(-c2cccc(NC(=O)CN3CCC[C@@H]3c3nc4ccccc4s3)c2)cs1. The van der Waals surface area contributed by atoms with Crippen LogP contribution in [0, 0.1) is 6.92 Å². The van der Waals surface area contributed by atoms with Crippen molar-refractivity contribution in [3.05, 3.63) is 63.9 Å². The third-order valence-electron chi connectivity index (χ3n) is 5.37. The Bertz CT molecular complexity index is 1170. The molecule has 0 bridgehead atoms. The fraction of sp³-hybridized carbons (Fsp3) is 0.261. The first kappa shape index (κ1) is 19.4. The van der Waals surface area contributed by atoms with Gasteiger partial charge < -0.3 is 5.32 Å². The molecule has 5 nitrogen and oxygen atoms in total. The van der Waals surface area contributed by atoms with Crippen LogP contribution in [0.5, 0.6) is 0 Å². The van der Waals surface area contributed by atoms with Crippen LogP contribution in [-0.4, -0.2) is 33.9 Å². The molecule has 1 aliphatic rings. The summed E-state index contributed by atoms with van der Waals surface area (Å²) in [5, 5.41) is 7.26. The summed E-state index contributed by atoms with van der Waals surface area (Å²) in [7, 11) is 0. The van der Waals surface area contributed by atoms with E-state index in [1.165, 1.54) is 4.70 Å². The minimum absolute atomic E-state index is 0.00891. The largest absolute Gasteiger partial charge is 0.325 e. The van der Waals surface area contributed by atoms with Gasteiger partial charge in [0.1, 0.15) is 5.01 Å². The third kappa shape index (κ3) is 4.01. The van der Waals surface area contributed by atoms with E-state index in [-0.39, 0.29) is 11.9 Å². The summed E-state index contributed by atoms with van der Waals surface area (Å²) in [4.78, 5) is 24.4. The number of hydrogen-bond acceptors (Lipinski definition) is 6. The van der Waals surface area contributed by atoms with Gasteiger partial charge in [-0.05, 0) is 50.6 Å². The topological polar surface area (TPSA) is 58.1 Å². The maximum absolute atomic E-state index is 12.8. The van der Waals surface area contributed by atoms with Gasteiger partial charge in [-0.15, -0.1) is 22.7 Å². The molecule has 30 heavy (non-hydrogen) atoms. The molecule has 0 aliphatic carbocycles. The van der Waals surface area contributed by atoms with E-state index in [9.17, 15) is 4.79 Å². The molecule has 1 fully saturated rings. The van der Waals surface area contributed by atoms with Gasteiger partial charge in [-0.25, -0.2) is 9.97 Å². The highest BCUT2D eigenvalue weighted by Crippen LogP contribution is 2.36. The first-order chi connectivity index (χ1) is 14.7. The van der Waals surface area contributed by atoms with Crippen LogP contribution in [0.3, 0.4) is 0 Å². The molecule has 7 heteroatoms. The van der Waals surface area contributed by atoms with Crippen molar-refractivity contribution < 1.29 is 4.79 Å². The van der Waals surface area contributed by atoms with E-state index in [1.807, 2.05) is 48.7 Å². The van der Waals surface area contributed by atoms with Crippen LogP contribution in [0.4, 0.5) is 5.69 Å². The third-order valence-corrected chi connectivity index (χ3v) is 7.28. The number of amides is 1. The highest BCUT2D eigenvalue weighted by atomic mass is 32.1. The van der Waals surface area contributed by atoms with Crippen LogP contribution in [0.1, 0.15) is 28.9 Å². The van der Waals surface area contributed by atoms with E-state index in [2.05, 4.69) is 27.3 Å². The number of aryl methyl sites for hydroxylation is 1. The maximum atomic E-state index is 12.8. The second-order valence-electron chi connectivity index (χ2n) is 7.53. The molecule has 2 aromatic heterocycles. The lowest BCUT2D eigenvalue weighted by Crippen LogP contribution is -2.32. The van der Waals surface area contributed by atoms with Crippen molar-refractivity contribution in [2.75, 3.05) is 18.4 Å². The summed E-state index contributed by atoms with van der Waals surface area (Å²) in [5.41, 5.74) is 3.82. The standard InChI is InChI=1S/C23H22N4OS2/c1-15-24-19(14-29-15)16-6-4-7-17(12-16)25-22(28)13-27-11-5-9-20(27)23-26-18-8-2-3-10-21(18)30-23/h2-4,6-8,10,12,14,20H,5,9,11,13H2,1H3,(H,25,28)/t20-/m1/s1. The van der Waals surface area contributed by atoms with Gasteiger partial charge in [0, 0.05) is 16.6 Å². The van der Waals surface area contributed by atoms with Crippen molar-refractivity contribution in [3.8, 4) is 11.3 Å². The van der Waals surface area contributed by atoms with Gasteiger partial charge >= 0.3 is 0 Å². The molecule has 152 valence electrons.